The topological polar surface area (TPSA) is 69.6 Å². The van der Waals surface area contributed by atoms with Gasteiger partial charge in [0, 0.05) is 49.1 Å². The molecule has 0 unspecified atom stereocenters. The Morgan fingerprint density at radius 1 is 1.41 bits per heavy atom. The second-order valence-corrected chi connectivity index (χ2v) is 8.31. The van der Waals surface area contributed by atoms with Crippen molar-refractivity contribution in [2.75, 3.05) is 26.7 Å². The lowest BCUT2D eigenvalue weighted by molar-refractivity contribution is -0.130. The number of aliphatic imine (C=N–C) groups is 1. The molecule has 1 aliphatic rings. The van der Waals surface area contributed by atoms with E-state index in [2.05, 4.69) is 39.0 Å². The minimum absolute atomic E-state index is 0. The first-order chi connectivity index (χ1) is 12.7. The first-order valence-corrected chi connectivity index (χ1v) is 10.6. The van der Waals surface area contributed by atoms with Crippen LogP contribution < -0.4 is 10.6 Å². The van der Waals surface area contributed by atoms with Crippen molar-refractivity contribution in [3.63, 3.8) is 0 Å². The third-order valence-corrected chi connectivity index (χ3v) is 6.60. The van der Waals surface area contributed by atoms with E-state index in [0.29, 0.717) is 5.96 Å². The Bertz CT molecular complexity index is 773. The quantitative estimate of drug-likeness (QED) is 0.350. The molecule has 0 radical (unpaired) electrons. The smallest absolute Gasteiger partial charge is 0.242 e. The number of rotatable bonds is 6. The van der Waals surface area contributed by atoms with Gasteiger partial charge in [-0.15, -0.1) is 46.7 Å². The van der Waals surface area contributed by atoms with Crippen LogP contribution in [0.3, 0.4) is 0 Å². The molecule has 0 bridgehead atoms. The second kappa shape index (κ2) is 11.0. The van der Waals surface area contributed by atoms with E-state index < -0.39 is 0 Å². The van der Waals surface area contributed by atoms with Gasteiger partial charge in [0.25, 0.3) is 0 Å². The van der Waals surface area contributed by atoms with Crippen molar-refractivity contribution in [1.82, 2.24) is 20.5 Å². The van der Waals surface area contributed by atoms with E-state index in [1.165, 1.54) is 15.3 Å². The Labute approximate surface area is 185 Å². The fourth-order valence-electron chi connectivity index (χ4n) is 2.87. The van der Waals surface area contributed by atoms with Gasteiger partial charge >= 0.3 is 0 Å². The van der Waals surface area contributed by atoms with E-state index in [1.54, 1.807) is 29.7 Å². The SMILES string of the molecule is CCc1cnc(CCNC(=NC)NCC(=O)N2CCc3sccc3C2)s1.I. The van der Waals surface area contributed by atoms with E-state index in [-0.39, 0.29) is 36.4 Å². The Hall–Kier alpha value is -1.20. The number of carbonyl (C=O) groups excluding carboxylic acids is 1. The van der Waals surface area contributed by atoms with Gasteiger partial charge in [0.1, 0.15) is 0 Å². The molecule has 2 aromatic rings. The fourth-order valence-corrected chi connectivity index (χ4v) is 4.62. The number of hydrogen-bond acceptors (Lipinski definition) is 5. The van der Waals surface area contributed by atoms with E-state index in [0.717, 1.165) is 43.9 Å². The summed E-state index contributed by atoms with van der Waals surface area (Å²) < 4.78 is 0. The molecule has 3 rings (SSSR count). The molecule has 6 nitrogen and oxygen atoms in total. The first kappa shape index (κ1) is 22.1. The highest BCUT2D eigenvalue weighted by Crippen LogP contribution is 2.23. The zero-order valence-corrected chi connectivity index (χ0v) is 19.6. The number of nitrogens with zero attached hydrogens (tertiary/aromatic N) is 3. The number of aromatic nitrogens is 1. The van der Waals surface area contributed by atoms with Crippen LogP contribution in [0.5, 0.6) is 0 Å². The first-order valence-electron chi connectivity index (χ1n) is 8.90. The number of amides is 1. The van der Waals surface area contributed by atoms with E-state index in [4.69, 9.17) is 0 Å². The number of thiophene rings is 1. The lowest BCUT2D eigenvalue weighted by Crippen LogP contribution is -2.46. The summed E-state index contributed by atoms with van der Waals surface area (Å²) in [4.78, 5) is 25.7. The van der Waals surface area contributed by atoms with Crippen LogP contribution in [0.2, 0.25) is 0 Å². The van der Waals surface area contributed by atoms with Crippen LogP contribution in [0, 0.1) is 0 Å². The number of fused-ring (bicyclic) bond motifs is 1. The van der Waals surface area contributed by atoms with Crippen LogP contribution in [0.1, 0.15) is 27.2 Å². The maximum atomic E-state index is 12.5. The average Bonchev–Trinajstić information content (AvgIpc) is 3.32. The number of hydrogen-bond donors (Lipinski definition) is 2. The van der Waals surface area contributed by atoms with Gasteiger partial charge in [-0.1, -0.05) is 6.92 Å². The monoisotopic (exact) mass is 519 g/mol. The van der Waals surface area contributed by atoms with Crippen LogP contribution in [0.15, 0.2) is 22.6 Å². The highest BCUT2D eigenvalue weighted by molar-refractivity contribution is 14.0. The summed E-state index contributed by atoms with van der Waals surface area (Å²) in [6, 6.07) is 2.12. The van der Waals surface area contributed by atoms with Gasteiger partial charge in [-0.25, -0.2) is 4.98 Å². The fraction of sp³-hybridized carbons (Fsp3) is 0.500. The van der Waals surface area contributed by atoms with Crippen molar-refractivity contribution in [2.45, 2.75) is 32.7 Å². The van der Waals surface area contributed by atoms with Crippen molar-refractivity contribution < 1.29 is 4.79 Å². The molecule has 2 aromatic heterocycles. The number of carbonyl (C=O) groups is 1. The number of thiazole rings is 1. The summed E-state index contributed by atoms with van der Waals surface area (Å²) in [7, 11) is 1.72. The van der Waals surface area contributed by atoms with E-state index in [1.807, 2.05) is 11.1 Å². The Balaban J connectivity index is 0.00000261. The minimum atomic E-state index is 0. The number of guanidine groups is 1. The summed E-state index contributed by atoms with van der Waals surface area (Å²) in [5.74, 6) is 0.760. The largest absolute Gasteiger partial charge is 0.356 e. The molecule has 3 heterocycles. The summed E-state index contributed by atoms with van der Waals surface area (Å²) in [6.07, 6.45) is 4.79. The van der Waals surface area contributed by atoms with Crippen molar-refractivity contribution >= 4 is 58.5 Å². The predicted octanol–water partition coefficient (Wildman–Crippen LogP) is 2.68. The molecule has 9 heteroatoms. The molecule has 0 aliphatic carbocycles. The van der Waals surface area contributed by atoms with Crippen LogP contribution in [0.25, 0.3) is 0 Å². The van der Waals surface area contributed by atoms with E-state index >= 15 is 0 Å². The second-order valence-electron chi connectivity index (χ2n) is 6.11. The Kier molecular flexibility index (Phi) is 8.97. The molecule has 0 spiro atoms. The molecule has 0 saturated carbocycles. The van der Waals surface area contributed by atoms with Crippen molar-refractivity contribution in [1.29, 1.82) is 0 Å². The van der Waals surface area contributed by atoms with Crippen LogP contribution in [-0.4, -0.2) is 48.4 Å². The van der Waals surface area contributed by atoms with Crippen molar-refractivity contribution in [2.24, 2.45) is 4.99 Å². The molecule has 148 valence electrons. The normalized spacial score (nSPS) is 13.7. The Morgan fingerprint density at radius 2 is 2.26 bits per heavy atom. The molecule has 0 atom stereocenters. The lowest BCUT2D eigenvalue weighted by atomic mass is 10.1. The van der Waals surface area contributed by atoms with Gasteiger partial charge in [-0.3, -0.25) is 9.79 Å². The maximum Gasteiger partial charge on any atom is 0.242 e. The van der Waals surface area contributed by atoms with Gasteiger partial charge in [0.2, 0.25) is 5.91 Å². The Morgan fingerprint density at radius 3 is 3.00 bits per heavy atom. The minimum Gasteiger partial charge on any atom is -0.356 e. The maximum absolute atomic E-state index is 12.5. The number of nitrogens with one attached hydrogen (secondary N) is 2. The van der Waals surface area contributed by atoms with Crippen LogP contribution >= 0.6 is 46.7 Å². The average molecular weight is 519 g/mol. The third-order valence-electron chi connectivity index (χ3n) is 4.37. The summed E-state index contributed by atoms with van der Waals surface area (Å²) in [6.45, 7) is 4.65. The third kappa shape index (κ3) is 6.15. The molecular weight excluding hydrogens is 493 g/mol. The van der Waals surface area contributed by atoms with Crippen LogP contribution in [0.4, 0.5) is 0 Å². The van der Waals surface area contributed by atoms with Gasteiger partial charge in [0.05, 0.1) is 11.6 Å². The highest BCUT2D eigenvalue weighted by Gasteiger charge is 2.21. The zero-order valence-electron chi connectivity index (χ0n) is 15.7. The molecule has 27 heavy (non-hydrogen) atoms. The van der Waals surface area contributed by atoms with Crippen molar-refractivity contribution in [3.05, 3.63) is 38.0 Å². The molecule has 0 saturated heterocycles. The number of halogens is 1. The zero-order chi connectivity index (χ0) is 18.4. The molecule has 1 amide bonds. The molecular formula is C18H26IN5OS2. The standard InChI is InChI=1S/C18H25N5OS2.HI/c1-3-14-10-21-16(26-14)4-7-20-18(19-2)22-11-17(24)23-8-5-15-13(12-23)6-9-25-15;/h6,9-10H,3-5,7-8,11-12H2,1-2H3,(H2,19,20,22);1H. The number of aryl methyl sites for hydroxylation is 1. The van der Waals surface area contributed by atoms with Crippen molar-refractivity contribution in [3.8, 4) is 0 Å². The predicted molar refractivity (Wildman–Crippen MR) is 123 cm³/mol. The summed E-state index contributed by atoms with van der Waals surface area (Å²) in [5, 5.41) is 9.60. The molecule has 0 aromatic carbocycles. The van der Waals surface area contributed by atoms with Gasteiger partial charge in [-0.2, -0.15) is 0 Å². The summed E-state index contributed by atoms with van der Waals surface area (Å²) >= 11 is 3.54. The molecule has 1 aliphatic heterocycles. The van der Waals surface area contributed by atoms with E-state index in [9.17, 15) is 4.79 Å². The lowest BCUT2D eigenvalue weighted by Gasteiger charge is -2.27. The summed E-state index contributed by atoms with van der Waals surface area (Å²) in [5.41, 5.74) is 1.28. The molecule has 2 N–H and O–H groups in total. The molecule has 0 fully saturated rings. The van der Waals surface area contributed by atoms with Gasteiger partial charge < -0.3 is 15.5 Å². The van der Waals surface area contributed by atoms with Crippen LogP contribution in [-0.2, 0) is 30.6 Å². The van der Waals surface area contributed by atoms with Gasteiger partial charge in [-0.05, 0) is 29.9 Å². The van der Waals surface area contributed by atoms with Gasteiger partial charge in [0.15, 0.2) is 5.96 Å². The highest BCUT2D eigenvalue weighted by atomic mass is 127.